The lowest BCUT2D eigenvalue weighted by atomic mass is 10.3. The molecule has 0 aliphatic carbocycles. The van der Waals surface area contributed by atoms with Gasteiger partial charge in [-0.05, 0) is 25.1 Å². The maximum absolute atomic E-state index is 11.7. The van der Waals surface area contributed by atoms with Crippen LogP contribution < -0.4 is 0 Å². The van der Waals surface area contributed by atoms with E-state index in [0.29, 0.717) is 18.9 Å². The van der Waals surface area contributed by atoms with Gasteiger partial charge in [-0.3, -0.25) is 9.59 Å². The molecule has 1 rings (SSSR count). The summed E-state index contributed by atoms with van der Waals surface area (Å²) in [5.74, 6) is 0.130. The maximum Gasteiger partial charge on any atom is 0.307 e. The average molecular weight is 251 g/mol. The van der Waals surface area contributed by atoms with E-state index in [1.807, 2.05) is 0 Å². The first-order chi connectivity index (χ1) is 8.63. The van der Waals surface area contributed by atoms with Crippen LogP contribution in [0.2, 0.25) is 0 Å². The van der Waals surface area contributed by atoms with E-state index in [-0.39, 0.29) is 18.3 Å². The summed E-state index contributed by atoms with van der Waals surface area (Å²) < 4.78 is 9.84. The average Bonchev–Trinajstić information content (AvgIpc) is 2.86. The van der Waals surface area contributed by atoms with Crippen LogP contribution in [0.15, 0.2) is 28.9 Å². The first-order valence-corrected chi connectivity index (χ1v) is 5.75. The molecular formula is C13H17NO4. The Morgan fingerprint density at radius 1 is 1.50 bits per heavy atom. The fraction of sp³-hybridized carbons (Fsp3) is 0.385. The largest absolute Gasteiger partial charge is 0.466 e. The first kappa shape index (κ1) is 14.0. The van der Waals surface area contributed by atoms with E-state index in [4.69, 9.17) is 9.15 Å². The Balaban J connectivity index is 2.35. The maximum atomic E-state index is 11.7. The third kappa shape index (κ3) is 4.86. The minimum absolute atomic E-state index is 0.185. The number of ether oxygens (including phenoxy) is 1. The molecule has 0 bridgehead atoms. The van der Waals surface area contributed by atoms with Crippen LogP contribution in [0, 0.1) is 0 Å². The molecule has 0 atom stereocenters. The number of carbonyl (C=O) groups is 2. The molecule has 1 amide bonds. The molecule has 1 aromatic rings. The summed E-state index contributed by atoms with van der Waals surface area (Å²) in [6, 6.07) is 3.50. The molecule has 98 valence electrons. The van der Waals surface area contributed by atoms with E-state index >= 15 is 0 Å². The van der Waals surface area contributed by atoms with Gasteiger partial charge in [0, 0.05) is 19.7 Å². The molecule has 0 aliphatic heterocycles. The van der Waals surface area contributed by atoms with Crippen molar-refractivity contribution in [1.82, 2.24) is 4.90 Å². The standard InChI is InChI=1S/C13H17NO4/c1-3-17-13(16)8-9-14(2)12(15)7-6-11-5-4-10-18-11/h4-7,10H,3,8-9H2,1-2H3/b7-6+. The number of nitrogens with zero attached hydrogens (tertiary/aromatic N) is 1. The van der Waals surface area contributed by atoms with Crippen LogP contribution in [0.25, 0.3) is 6.08 Å². The van der Waals surface area contributed by atoms with Gasteiger partial charge in [0.25, 0.3) is 0 Å². The minimum atomic E-state index is -0.299. The molecule has 0 spiro atoms. The van der Waals surface area contributed by atoms with Gasteiger partial charge in [0.2, 0.25) is 5.91 Å². The van der Waals surface area contributed by atoms with Crippen LogP contribution in [-0.2, 0) is 14.3 Å². The van der Waals surface area contributed by atoms with Gasteiger partial charge in [0.1, 0.15) is 5.76 Å². The van der Waals surface area contributed by atoms with Crippen LogP contribution in [-0.4, -0.2) is 37.0 Å². The number of amides is 1. The van der Waals surface area contributed by atoms with Crippen molar-refractivity contribution in [1.29, 1.82) is 0 Å². The highest BCUT2D eigenvalue weighted by molar-refractivity contribution is 5.91. The fourth-order valence-electron chi connectivity index (χ4n) is 1.27. The van der Waals surface area contributed by atoms with E-state index < -0.39 is 0 Å². The van der Waals surface area contributed by atoms with Crippen LogP contribution in [0.4, 0.5) is 0 Å². The summed E-state index contributed by atoms with van der Waals surface area (Å²) in [6.07, 6.45) is 4.73. The molecule has 5 nitrogen and oxygen atoms in total. The highest BCUT2D eigenvalue weighted by Gasteiger charge is 2.08. The molecule has 0 fully saturated rings. The van der Waals surface area contributed by atoms with Gasteiger partial charge in [-0.2, -0.15) is 0 Å². The number of hydrogen-bond donors (Lipinski definition) is 0. The zero-order valence-corrected chi connectivity index (χ0v) is 10.6. The second-order valence-electron chi connectivity index (χ2n) is 3.66. The lowest BCUT2D eigenvalue weighted by Gasteiger charge is -2.13. The van der Waals surface area contributed by atoms with Gasteiger partial charge >= 0.3 is 5.97 Å². The quantitative estimate of drug-likeness (QED) is 0.570. The molecular weight excluding hydrogens is 234 g/mol. The summed E-state index contributed by atoms with van der Waals surface area (Å²) in [5, 5.41) is 0. The molecule has 0 N–H and O–H groups in total. The van der Waals surface area contributed by atoms with Gasteiger partial charge in [-0.1, -0.05) is 0 Å². The number of carbonyl (C=O) groups excluding carboxylic acids is 2. The van der Waals surface area contributed by atoms with E-state index in [0.717, 1.165) is 0 Å². The Morgan fingerprint density at radius 2 is 2.28 bits per heavy atom. The van der Waals surface area contributed by atoms with E-state index in [1.54, 1.807) is 32.2 Å². The van der Waals surface area contributed by atoms with Gasteiger partial charge in [0.15, 0.2) is 0 Å². The summed E-state index contributed by atoms with van der Waals surface area (Å²) in [5.41, 5.74) is 0. The summed E-state index contributed by atoms with van der Waals surface area (Å²) >= 11 is 0. The van der Waals surface area contributed by atoms with Crippen molar-refractivity contribution in [2.75, 3.05) is 20.2 Å². The molecule has 0 saturated heterocycles. The van der Waals surface area contributed by atoms with E-state index in [9.17, 15) is 9.59 Å². The Bertz CT molecular complexity index is 409. The smallest absolute Gasteiger partial charge is 0.307 e. The van der Waals surface area contributed by atoms with Crippen molar-refractivity contribution in [3.63, 3.8) is 0 Å². The van der Waals surface area contributed by atoms with E-state index in [1.165, 1.54) is 17.2 Å². The predicted octanol–water partition coefficient (Wildman–Crippen LogP) is 1.70. The molecule has 5 heteroatoms. The second-order valence-corrected chi connectivity index (χ2v) is 3.66. The van der Waals surface area contributed by atoms with E-state index in [2.05, 4.69) is 0 Å². The highest BCUT2D eigenvalue weighted by atomic mass is 16.5. The van der Waals surface area contributed by atoms with Gasteiger partial charge in [-0.25, -0.2) is 0 Å². The molecule has 1 aromatic heterocycles. The summed E-state index contributed by atoms with van der Waals surface area (Å²) in [7, 11) is 1.63. The monoisotopic (exact) mass is 251 g/mol. The van der Waals surface area contributed by atoms with Crippen LogP contribution >= 0.6 is 0 Å². The molecule has 1 heterocycles. The molecule has 0 radical (unpaired) electrons. The molecule has 0 unspecified atom stereocenters. The van der Waals surface area contributed by atoms with Crippen LogP contribution in [0.5, 0.6) is 0 Å². The second kappa shape index (κ2) is 7.32. The SMILES string of the molecule is CCOC(=O)CCN(C)C(=O)/C=C/c1ccco1. The minimum Gasteiger partial charge on any atom is -0.466 e. The van der Waals surface area contributed by atoms with Crippen molar-refractivity contribution in [3.8, 4) is 0 Å². The Kier molecular flexibility index (Phi) is 5.70. The summed E-state index contributed by atoms with van der Waals surface area (Å²) in [6.45, 7) is 2.44. The van der Waals surface area contributed by atoms with Crippen LogP contribution in [0.3, 0.4) is 0 Å². The number of furan rings is 1. The normalized spacial score (nSPS) is 10.6. The van der Waals surface area contributed by atoms with Crippen molar-refractivity contribution in [2.45, 2.75) is 13.3 Å². The number of hydrogen-bond acceptors (Lipinski definition) is 4. The third-order valence-electron chi connectivity index (χ3n) is 2.27. The Labute approximate surface area is 106 Å². The van der Waals surface area contributed by atoms with Crippen molar-refractivity contribution in [2.24, 2.45) is 0 Å². The summed E-state index contributed by atoms with van der Waals surface area (Å²) in [4.78, 5) is 24.2. The van der Waals surface area contributed by atoms with Crippen molar-refractivity contribution in [3.05, 3.63) is 30.2 Å². The lowest BCUT2D eigenvalue weighted by molar-refractivity contribution is -0.143. The predicted molar refractivity (Wildman–Crippen MR) is 66.6 cm³/mol. The van der Waals surface area contributed by atoms with Crippen molar-refractivity contribution < 1.29 is 18.7 Å². The third-order valence-corrected chi connectivity index (χ3v) is 2.27. The molecule has 0 aliphatic rings. The Morgan fingerprint density at radius 3 is 2.89 bits per heavy atom. The topological polar surface area (TPSA) is 59.8 Å². The highest BCUT2D eigenvalue weighted by Crippen LogP contribution is 2.03. The number of likely N-dealkylation sites (N-methyl/N-ethyl adjacent to an activating group) is 1. The van der Waals surface area contributed by atoms with Gasteiger partial charge in [-0.15, -0.1) is 0 Å². The molecule has 0 aromatic carbocycles. The number of esters is 1. The van der Waals surface area contributed by atoms with Crippen molar-refractivity contribution >= 4 is 18.0 Å². The molecule has 18 heavy (non-hydrogen) atoms. The van der Waals surface area contributed by atoms with Crippen LogP contribution in [0.1, 0.15) is 19.1 Å². The first-order valence-electron chi connectivity index (χ1n) is 5.75. The van der Waals surface area contributed by atoms with Gasteiger partial charge < -0.3 is 14.1 Å². The lowest BCUT2D eigenvalue weighted by Crippen LogP contribution is -2.27. The van der Waals surface area contributed by atoms with Gasteiger partial charge in [0.05, 0.1) is 19.3 Å². The zero-order valence-electron chi connectivity index (χ0n) is 10.6. The molecule has 0 saturated carbocycles. The number of rotatable bonds is 6. The fourth-order valence-corrected chi connectivity index (χ4v) is 1.27. The zero-order chi connectivity index (χ0) is 13.4. The Hall–Kier alpha value is -2.04.